The van der Waals surface area contributed by atoms with Gasteiger partial charge in [0.15, 0.2) is 0 Å². The summed E-state index contributed by atoms with van der Waals surface area (Å²) in [6.45, 7) is 4.90. The number of nitrogens with one attached hydrogen (secondary N) is 1. The highest BCUT2D eigenvalue weighted by Gasteiger charge is 2.05. The van der Waals surface area contributed by atoms with Gasteiger partial charge in [-0.1, -0.05) is 0 Å². The van der Waals surface area contributed by atoms with E-state index in [1.54, 1.807) is 0 Å². The number of benzene rings is 1. The number of ether oxygens (including phenoxy) is 1. The fraction of sp³-hybridized carbons (Fsp3) is 0.333. The van der Waals surface area contributed by atoms with Crippen LogP contribution in [0.3, 0.4) is 0 Å². The zero-order valence-electron chi connectivity index (χ0n) is 10.4. The smallest absolute Gasteiger partial charge is 0.207 e. The monoisotopic (exact) mass is 264 g/mol. The van der Waals surface area contributed by atoms with E-state index in [1.807, 2.05) is 32.0 Å². The molecule has 1 aromatic carbocycles. The molecule has 0 atom stereocenters. The van der Waals surface area contributed by atoms with Gasteiger partial charge in [0.1, 0.15) is 11.6 Å². The fourth-order valence-electron chi connectivity index (χ4n) is 1.58. The molecule has 6 heteroatoms. The lowest BCUT2D eigenvalue weighted by Gasteiger charge is -2.10. The van der Waals surface area contributed by atoms with Gasteiger partial charge in [-0.25, -0.2) is 4.98 Å². The van der Waals surface area contributed by atoms with E-state index in [4.69, 9.17) is 10.5 Å². The van der Waals surface area contributed by atoms with Gasteiger partial charge < -0.3 is 15.8 Å². The van der Waals surface area contributed by atoms with Crippen molar-refractivity contribution in [1.29, 1.82) is 0 Å². The fourth-order valence-corrected chi connectivity index (χ4v) is 2.18. The molecule has 1 heterocycles. The summed E-state index contributed by atoms with van der Waals surface area (Å²) in [6, 6.07) is 5.84. The highest BCUT2D eigenvalue weighted by Crippen LogP contribution is 2.25. The minimum Gasteiger partial charge on any atom is -0.494 e. The first-order chi connectivity index (χ1) is 8.72. The van der Waals surface area contributed by atoms with Crippen molar-refractivity contribution in [3.63, 3.8) is 0 Å². The van der Waals surface area contributed by atoms with Crippen molar-refractivity contribution in [3.05, 3.63) is 29.6 Å². The zero-order valence-corrected chi connectivity index (χ0v) is 11.3. The standard InChI is InChI=1S/C12H16N4OS/c1-3-17-11-5-4-10(6-9(11)7-13)15-12-14-8(2)16-18-12/h4-6H,3,7,13H2,1-2H3,(H,14,15,16). The second-order valence-electron chi connectivity index (χ2n) is 3.73. The van der Waals surface area contributed by atoms with E-state index in [1.165, 1.54) is 11.5 Å². The van der Waals surface area contributed by atoms with E-state index in [2.05, 4.69) is 14.7 Å². The van der Waals surface area contributed by atoms with E-state index in [0.29, 0.717) is 13.2 Å². The molecule has 0 aliphatic rings. The first kappa shape index (κ1) is 12.8. The second kappa shape index (κ2) is 5.79. The number of aryl methyl sites for hydroxylation is 1. The van der Waals surface area contributed by atoms with Crippen LogP contribution in [0.4, 0.5) is 10.8 Å². The lowest BCUT2D eigenvalue weighted by Crippen LogP contribution is -2.03. The van der Waals surface area contributed by atoms with Crippen LogP contribution in [0, 0.1) is 6.92 Å². The quantitative estimate of drug-likeness (QED) is 0.867. The molecule has 96 valence electrons. The molecule has 0 saturated heterocycles. The molecule has 0 spiro atoms. The minimum absolute atomic E-state index is 0.444. The molecule has 0 saturated carbocycles. The van der Waals surface area contributed by atoms with Crippen molar-refractivity contribution >= 4 is 22.4 Å². The van der Waals surface area contributed by atoms with Gasteiger partial charge >= 0.3 is 0 Å². The van der Waals surface area contributed by atoms with Crippen molar-refractivity contribution < 1.29 is 4.74 Å². The molecule has 3 N–H and O–H groups in total. The van der Waals surface area contributed by atoms with Crippen molar-refractivity contribution in [2.75, 3.05) is 11.9 Å². The van der Waals surface area contributed by atoms with Crippen molar-refractivity contribution in [2.45, 2.75) is 20.4 Å². The first-order valence-corrected chi connectivity index (χ1v) is 6.53. The Balaban J connectivity index is 2.19. The molecular formula is C12H16N4OS. The van der Waals surface area contributed by atoms with Crippen molar-refractivity contribution in [1.82, 2.24) is 9.36 Å². The van der Waals surface area contributed by atoms with E-state index in [-0.39, 0.29) is 0 Å². The molecule has 0 unspecified atom stereocenters. The summed E-state index contributed by atoms with van der Waals surface area (Å²) in [5.41, 5.74) is 7.63. The second-order valence-corrected chi connectivity index (χ2v) is 4.48. The summed E-state index contributed by atoms with van der Waals surface area (Å²) in [6.07, 6.45) is 0. The largest absolute Gasteiger partial charge is 0.494 e. The van der Waals surface area contributed by atoms with Gasteiger partial charge in [-0.15, -0.1) is 0 Å². The molecule has 0 bridgehead atoms. The Morgan fingerprint density at radius 1 is 1.44 bits per heavy atom. The van der Waals surface area contributed by atoms with Gasteiger partial charge in [-0.05, 0) is 32.0 Å². The average Bonchev–Trinajstić information content (AvgIpc) is 2.77. The molecule has 0 fully saturated rings. The summed E-state index contributed by atoms with van der Waals surface area (Å²) in [5.74, 6) is 1.60. The predicted octanol–water partition coefficient (Wildman–Crippen LogP) is 2.45. The van der Waals surface area contributed by atoms with Gasteiger partial charge in [0.2, 0.25) is 5.13 Å². The van der Waals surface area contributed by atoms with Gasteiger partial charge in [-0.2, -0.15) is 4.37 Å². The summed E-state index contributed by atoms with van der Waals surface area (Å²) in [5, 5.41) is 3.98. The maximum absolute atomic E-state index is 5.71. The Morgan fingerprint density at radius 2 is 2.28 bits per heavy atom. The number of nitrogens with two attached hydrogens (primary N) is 1. The average molecular weight is 264 g/mol. The molecule has 0 amide bonds. The molecule has 0 aliphatic heterocycles. The highest BCUT2D eigenvalue weighted by molar-refractivity contribution is 7.09. The molecule has 2 rings (SSSR count). The molecular weight excluding hydrogens is 248 g/mol. The molecule has 18 heavy (non-hydrogen) atoms. The van der Waals surface area contributed by atoms with Gasteiger partial charge in [0.05, 0.1) is 6.61 Å². The summed E-state index contributed by atoms with van der Waals surface area (Å²) >= 11 is 1.34. The van der Waals surface area contributed by atoms with Crippen molar-refractivity contribution in [3.8, 4) is 5.75 Å². The summed E-state index contributed by atoms with van der Waals surface area (Å²) < 4.78 is 9.63. The minimum atomic E-state index is 0.444. The molecule has 2 aromatic rings. The van der Waals surface area contributed by atoms with Crippen LogP contribution in [-0.2, 0) is 6.54 Å². The molecule has 1 aromatic heterocycles. The third kappa shape index (κ3) is 2.96. The van der Waals surface area contributed by atoms with Crippen LogP contribution in [0.25, 0.3) is 0 Å². The Hall–Kier alpha value is -1.66. The Bertz CT molecular complexity index is 527. The third-order valence-corrected chi connectivity index (χ3v) is 3.08. The van der Waals surface area contributed by atoms with Crippen LogP contribution in [0.2, 0.25) is 0 Å². The maximum Gasteiger partial charge on any atom is 0.207 e. The van der Waals surface area contributed by atoms with Gasteiger partial charge in [-0.3, -0.25) is 0 Å². The summed E-state index contributed by atoms with van der Waals surface area (Å²) in [4.78, 5) is 4.25. The van der Waals surface area contributed by atoms with E-state index >= 15 is 0 Å². The lowest BCUT2D eigenvalue weighted by molar-refractivity contribution is 0.336. The topological polar surface area (TPSA) is 73.1 Å². The lowest BCUT2D eigenvalue weighted by atomic mass is 10.2. The number of anilines is 2. The van der Waals surface area contributed by atoms with E-state index in [9.17, 15) is 0 Å². The SMILES string of the molecule is CCOc1ccc(Nc2nc(C)ns2)cc1CN. The Labute approximate surface area is 110 Å². The van der Waals surface area contributed by atoms with Crippen molar-refractivity contribution in [2.24, 2.45) is 5.73 Å². The number of nitrogens with zero attached hydrogens (tertiary/aromatic N) is 2. The normalized spacial score (nSPS) is 10.4. The Morgan fingerprint density at radius 3 is 2.89 bits per heavy atom. The van der Waals surface area contributed by atoms with Crippen LogP contribution in [0.15, 0.2) is 18.2 Å². The number of rotatable bonds is 5. The van der Waals surface area contributed by atoms with E-state index < -0.39 is 0 Å². The number of hydrogen-bond acceptors (Lipinski definition) is 6. The van der Waals surface area contributed by atoms with Crippen LogP contribution < -0.4 is 15.8 Å². The Kier molecular flexibility index (Phi) is 4.11. The third-order valence-electron chi connectivity index (χ3n) is 2.36. The zero-order chi connectivity index (χ0) is 13.0. The van der Waals surface area contributed by atoms with Crippen LogP contribution in [-0.4, -0.2) is 16.0 Å². The van der Waals surface area contributed by atoms with E-state index in [0.717, 1.165) is 28.0 Å². The van der Waals surface area contributed by atoms with Gasteiger partial charge in [0.25, 0.3) is 0 Å². The number of hydrogen-bond donors (Lipinski definition) is 2. The summed E-state index contributed by atoms with van der Waals surface area (Å²) in [7, 11) is 0. The first-order valence-electron chi connectivity index (χ1n) is 5.76. The molecule has 0 radical (unpaired) electrons. The molecule has 5 nitrogen and oxygen atoms in total. The van der Waals surface area contributed by atoms with Crippen LogP contribution in [0.5, 0.6) is 5.75 Å². The van der Waals surface area contributed by atoms with Gasteiger partial charge in [0, 0.05) is 29.3 Å². The highest BCUT2D eigenvalue weighted by atomic mass is 32.1. The number of aromatic nitrogens is 2. The van der Waals surface area contributed by atoms with Crippen LogP contribution >= 0.6 is 11.5 Å². The maximum atomic E-state index is 5.71. The van der Waals surface area contributed by atoms with Crippen LogP contribution in [0.1, 0.15) is 18.3 Å². The molecule has 0 aliphatic carbocycles. The predicted molar refractivity (Wildman–Crippen MR) is 73.4 cm³/mol.